The summed E-state index contributed by atoms with van der Waals surface area (Å²) in [6, 6.07) is 4.89. The number of hydrogen-bond donors (Lipinski definition) is 1. The lowest BCUT2D eigenvalue weighted by Crippen LogP contribution is -2.36. The molecule has 0 amide bonds. The van der Waals surface area contributed by atoms with Gasteiger partial charge in [0.1, 0.15) is 0 Å². The highest BCUT2D eigenvalue weighted by Gasteiger charge is 2.28. The van der Waals surface area contributed by atoms with E-state index in [1.165, 1.54) is 50.0 Å². The molecule has 2 atom stereocenters. The van der Waals surface area contributed by atoms with Gasteiger partial charge in [-0.15, -0.1) is 0 Å². The maximum absolute atomic E-state index is 4.66. The minimum atomic E-state index is 0.615. The molecule has 1 saturated carbocycles. The zero-order valence-corrected chi connectivity index (χ0v) is 13.5. The Hall–Kier alpha value is -1.25. The van der Waals surface area contributed by atoms with Crippen LogP contribution in [0.2, 0.25) is 0 Å². The fourth-order valence-corrected chi connectivity index (χ4v) is 4.03. The molecule has 2 heterocycles. The molecule has 1 aliphatic carbocycles. The Bertz CT molecular complexity index is 452. The third-order valence-electron chi connectivity index (χ3n) is 5.21. The fraction of sp³-hybridized carbons (Fsp3) is 0.722. The van der Waals surface area contributed by atoms with Gasteiger partial charge in [-0.1, -0.05) is 26.7 Å². The van der Waals surface area contributed by atoms with Gasteiger partial charge in [0, 0.05) is 25.3 Å². The summed E-state index contributed by atoms with van der Waals surface area (Å²) in [5, 5.41) is 3.85. The highest BCUT2D eigenvalue weighted by molar-refractivity contribution is 5.66. The van der Waals surface area contributed by atoms with E-state index in [1.54, 1.807) is 0 Å². The molecule has 21 heavy (non-hydrogen) atoms. The van der Waals surface area contributed by atoms with Crippen molar-refractivity contribution in [2.24, 2.45) is 11.8 Å². The monoisotopic (exact) mass is 287 g/mol. The second-order valence-corrected chi connectivity index (χ2v) is 7.01. The van der Waals surface area contributed by atoms with Gasteiger partial charge in [0.25, 0.3) is 0 Å². The minimum Gasteiger partial charge on any atom is -0.379 e. The molecule has 0 bridgehead atoms. The van der Waals surface area contributed by atoms with Crippen LogP contribution >= 0.6 is 0 Å². The average Bonchev–Trinajstić information content (AvgIpc) is 3.02. The molecule has 2 aliphatic rings. The Labute approximate surface area is 129 Å². The molecule has 1 aliphatic heterocycles. The largest absolute Gasteiger partial charge is 0.379 e. The van der Waals surface area contributed by atoms with E-state index < -0.39 is 0 Å². The van der Waals surface area contributed by atoms with Crippen LogP contribution in [0.25, 0.3) is 0 Å². The van der Waals surface area contributed by atoms with Crippen LogP contribution in [0.1, 0.15) is 52.4 Å². The molecule has 2 unspecified atom stereocenters. The van der Waals surface area contributed by atoms with Gasteiger partial charge in [-0.05, 0) is 49.7 Å². The Morgan fingerprint density at radius 2 is 1.90 bits per heavy atom. The molecular formula is C18H29N3. The molecule has 116 valence electrons. The first-order valence-electron chi connectivity index (χ1n) is 8.72. The van der Waals surface area contributed by atoms with Gasteiger partial charge in [-0.2, -0.15) is 0 Å². The lowest BCUT2D eigenvalue weighted by molar-refractivity contribution is 0.254. The average molecular weight is 287 g/mol. The summed E-state index contributed by atoms with van der Waals surface area (Å²) < 4.78 is 0. The number of aromatic nitrogens is 1. The Balaban J connectivity index is 1.77. The van der Waals surface area contributed by atoms with Crippen LogP contribution in [0.3, 0.4) is 0 Å². The highest BCUT2D eigenvalue weighted by atomic mass is 15.2. The van der Waals surface area contributed by atoms with Crippen LogP contribution < -0.4 is 10.2 Å². The van der Waals surface area contributed by atoms with E-state index in [0.29, 0.717) is 6.04 Å². The van der Waals surface area contributed by atoms with Gasteiger partial charge in [0.15, 0.2) is 5.82 Å². The molecule has 1 saturated heterocycles. The van der Waals surface area contributed by atoms with Gasteiger partial charge in [0.05, 0.1) is 5.69 Å². The molecule has 0 aromatic carbocycles. The second kappa shape index (κ2) is 6.67. The first-order chi connectivity index (χ1) is 10.3. The van der Waals surface area contributed by atoms with Gasteiger partial charge >= 0.3 is 0 Å². The summed E-state index contributed by atoms with van der Waals surface area (Å²) in [6.45, 7) is 7.05. The van der Waals surface area contributed by atoms with Crippen LogP contribution in [-0.2, 0) is 0 Å². The highest BCUT2D eigenvalue weighted by Crippen LogP contribution is 2.34. The molecule has 3 rings (SSSR count). The smallest absolute Gasteiger partial charge is 0.151 e. The molecule has 0 spiro atoms. The second-order valence-electron chi connectivity index (χ2n) is 7.01. The van der Waals surface area contributed by atoms with Crippen molar-refractivity contribution in [3.8, 4) is 0 Å². The summed E-state index contributed by atoms with van der Waals surface area (Å²) in [5.74, 6) is 2.73. The van der Waals surface area contributed by atoms with E-state index in [0.717, 1.165) is 24.9 Å². The van der Waals surface area contributed by atoms with Crippen LogP contribution in [-0.4, -0.2) is 24.1 Å². The fourth-order valence-electron chi connectivity index (χ4n) is 4.03. The van der Waals surface area contributed by atoms with Crippen molar-refractivity contribution in [1.82, 2.24) is 4.98 Å². The van der Waals surface area contributed by atoms with Crippen LogP contribution in [0.15, 0.2) is 18.3 Å². The first kappa shape index (κ1) is 14.7. The van der Waals surface area contributed by atoms with E-state index in [2.05, 4.69) is 41.2 Å². The van der Waals surface area contributed by atoms with Crippen LogP contribution in [0, 0.1) is 11.8 Å². The van der Waals surface area contributed by atoms with E-state index in [4.69, 9.17) is 0 Å². The van der Waals surface area contributed by atoms with E-state index in [1.807, 2.05) is 6.20 Å². The number of nitrogens with one attached hydrogen (secondary N) is 1. The van der Waals surface area contributed by atoms with E-state index in [-0.39, 0.29) is 0 Å². The van der Waals surface area contributed by atoms with Gasteiger partial charge in [-0.25, -0.2) is 4.98 Å². The summed E-state index contributed by atoms with van der Waals surface area (Å²) in [5.41, 5.74) is 1.25. The van der Waals surface area contributed by atoms with Crippen molar-refractivity contribution in [1.29, 1.82) is 0 Å². The van der Waals surface area contributed by atoms with E-state index in [9.17, 15) is 0 Å². The van der Waals surface area contributed by atoms with Crippen LogP contribution in [0.4, 0.5) is 11.5 Å². The van der Waals surface area contributed by atoms with Gasteiger partial charge < -0.3 is 10.2 Å². The minimum absolute atomic E-state index is 0.615. The van der Waals surface area contributed by atoms with Crippen molar-refractivity contribution in [3.63, 3.8) is 0 Å². The van der Waals surface area contributed by atoms with E-state index >= 15 is 0 Å². The Morgan fingerprint density at radius 1 is 1.14 bits per heavy atom. The maximum atomic E-state index is 4.66. The SMILES string of the molecule is CC(C)C1CCCCC1Nc1cccnc1N1CCCC1. The quantitative estimate of drug-likeness (QED) is 0.894. The first-order valence-corrected chi connectivity index (χ1v) is 8.72. The predicted molar refractivity (Wildman–Crippen MR) is 89.9 cm³/mol. The molecule has 2 fully saturated rings. The third kappa shape index (κ3) is 3.33. The molecule has 1 aromatic heterocycles. The number of hydrogen-bond acceptors (Lipinski definition) is 3. The van der Waals surface area contributed by atoms with Crippen molar-refractivity contribution < 1.29 is 0 Å². The Kier molecular flexibility index (Phi) is 4.67. The lowest BCUT2D eigenvalue weighted by Gasteiger charge is -2.36. The zero-order valence-electron chi connectivity index (χ0n) is 13.5. The van der Waals surface area contributed by atoms with Gasteiger partial charge in [0.2, 0.25) is 0 Å². The van der Waals surface area contributed by atoms with Crippen molar-refractivity contribution in [3.05, 3.63) is 18.3 Å². The molecule has 3 nitrogen and oxygen atoms in total. The van der Waals surface area contributed by atoms with Crippen molar-refractivity contribution in [2.45, 2.75) is 58.4 Å². The molecule has 1 aromatic rings. The van der Waals surface area contributed by atoms with Crippen LogP contribution in [0.5, 0.6) is 0 Å². The van der Waals surface area contributed by atoms with Crippen molar-refractivity contribution in [2.75, 3.05) is 23.3 Å². The lowest BCUT2D eigenvalue weighted by atomic mass is 9.78. The topological polar surface area (TPSA) is 28.2 Å². The summed E-state index contributed by atoms with van der Waals surface area (Å²) in [4.78, 5) is 7.10. The number of nitrogens with zero attached hydrogens (tertiary/aromatic N) is 2. The molecule has 0 radical (unpaired) electrons. The normalized spacial score (nSPS) is 26.3. The van der Waals surface area contributed by atoms with Crippen molar-refractivity contribution >= 4 is 11.5 Å². The molecule has 3 heteroatoms. The Morgan fingerprint density at radius 3 is 2.67 bits per heavy atom. The maximum Gasteiger partial charge on any atom is 0.151 e. The standard InChI is InChI=1S/C18H29N3/c1-14(2)15-8-3-4-9-16(15)20-17-10-7-11-19-18(17)21-12-5-6-13-21/h7,10-11,14-16,20H,3-6,8-9,12-13H2,1-2H3. The summed E-state index contributed by atoms with van der Waals surface area (Å²) in [6.07, 6.45) is 9.96. The molecule has 1 N–H and O–H groups in total. The summed E-state index contributed by atoms with van der Waals surface area (Å²) >= 11 is 0. The van der Waals surface area contributed by atoms with Gasteiger partial charge in [-0.3, -0.25) is 0 Å². The number of anilines is 2. The predicted octanol–water partition coefficient (Wildman–Crippen LogP) is 4.31. The number of pyridine rings is 1. The summed E-state index contributed by atoms with van der Waals surface area (Å²) in [7, 11) is 0. The zero-order chi connectivity index (χ0) is 14.7. The molecular weight excluding hydrogens is 258 g/mol. The third-order valence-corrected chi connectivity index (χ3v) is 5.21. The number of rotatable bonds is 4.